The van der Waals surface area contributed by atoms with Crippen LogP contribution in [-0.2, 0) is 0 Å². The van der Waals surface area contributed by atoms with Crippen LogP contribution in [0, 0.1) is 12.8 Å². The van der Waals surface area contributed by atoms with Gasteiger partial charge in [0.05, 0.1) is 5.56 Å². The molecule has 1 fully saturated rings. The zero-order valence-electron chi connectivity index (χ0n) is 11.8. The fraction of sp³-hybridized carbons (Fsp3) is 0.467. The fourth-order valence-electron chi connectivity index (χ4n) is 2.48. The van der Waals surface area contributed by atoms with Crippen molar-refractivity contribution in [1.29, 1.82) is 0 Å². The van der Waals surface area contributed by atoms with E-state index in [0.717, 1.165) is 25.9 Å². The average molecular weight is 276 g/mol. The number of aryl methyl sites for hydroxylation is 1. The SMILES string of the molecule is CCC1CCN(C(=O)Nc2ccc(C)c(C(=O)O)c2)C1. The first-order valence-electron chi connectivity index (χ1n) is 6.91. The molecule has 2 amide bonds. The fourth-order valence-corrected chi connectivity index (χ4v) is 2.48. The Hall–Kier alpha value is -2.04. The van der Waals surface area contributed by atoms with E-state index in [4.69, 9.17) is 5.11 Å². The van der Waals surface area contributed by atoms with Crippen molar-refractivity contribution in [3.05, 3.63) is 29.3 Å². The molecule has 0 aromatic heterocycles. The largest absolute Gasteiger partial charge is 0.478 e. The first-order valence-corrected chi connectivity index (χ1v) is 6.91. The minimum absolute atomic E-state index is 0.152. The molecule has 2 N–H and O–H groups in total. The number of nitrogens with zero attached hydrogens (tertiary/aromatic N) is 1. The lowest BCUT2D eigenvalue weighted by Crippen LogP contribution is -2.33. The van der Waals surface area contributed by atoms with Crippen LogP contribution in [0.15, 0.2) is 18.2 Å². The third-order valence-electron chi connectivity index (χ3n) is 3.87. The molecule has 1 aliphatic rings. The number of urea groups is 1. The molecule has 1 atom stereocenters. The monoisotopic (exact) mass is 276 g/mol. The first kappa shape index (κ1) is 14.4. The number of likely N-dealkylation sites (tertiary alicyclic amines) is 1. The average Bonchev–Trinajstić information content (AvgIpc) is 2.89. The second kappa shape index (κ2) is 5.94. The standard InChI is InChI=1S/C15H20N2O3/c1-3-11-6-7-17(9-11)15(20)16-12-5-4-10(2)13(8-12)14(18)19/h4-5,8,11H,3,6-7,9H2,1-2H3,(H,16,20)(H,18,19). The molecule has 0 bridgehead atoms. The van der Waals surface area contributed by atoms with Crippen molar-refractivity contribution >= 4 is 17.7 Å². The topological polar surface area (TPSA) is 69.6 Å². The molecule has 0 spiro atoms. The molecule has 1 aromatic rings. The number of amides is 2. The van der Waals surface area contributed by atoms with Crippen molar-refractivity contribution in [3.63, 3.8) is 0 Å². The van der Waals surface area contributed by atoms with Gasteiger partial charge in [0, 0.05) is 18.8 Å². The molecule has 0 saturated carbocycles. The molecule has 2 rings (SSSR count). The van der Waals surface area contributed by atoms with Crippen LogP contribution in [0.5, 0.6) is 0 Å². The molecule has 1 aliphatic heterocycles. The van der Waals surface area contributed by atoms with Gasteiger partial charge in [0.15, 0.2) is 0 Å². The lowest BCUT2D eigenvalue weighted by molar-refractivity contribution is 0.0696. The lowest BCUT2D eigenvalue weighted by Gasteiger charge is -2.17. The Morgan fingerprint density at radius 1 is 1.45 bits per heavy atom. The van der Waals surface area contributed by atoms with Crippen molar-refractivity contribution in [2.75, 3.05) is 18.4 Å². The van der Waals surface area contributed by atoms with Crippen LogP contribution in [0.2, 0.25) is 0 Å². The van der Waals surface area contributed by atoms with Crippen LogP contribution in [0.4, 0.5) is 10.5 Å². The van der Waals surface area contributed by atoms with E-state index in [2.05, 4.69) is 12.2 Å². The second-order valence-electron chi connectivity index (χ2n) is 5.27. The van der Waals surface area contributed by atoms with Gasteiger partial charge in [-0.1, -0.05) is 19.4 Å². The number of nitrogens with one attached hydrogen (secondary N) is 1. The summed E-state index contributed by atoms with van der Waals surface area (Å²) >= 11 is 0. The van der Waals surface area contributed by atoms with Gasteiger partial charge in [0.25, 0.3) is 0 Å². The minimum atomic E-state index is -0.981. The van der Waals surface area contributed by atoms with E-state index in [1.807, 2.05) is 0 Å². The summed E-state index contributed by atoms with van der Waals surface area (Å²) in [5, 5.41) is 11.9. The molecule has 1 heterocycles. The molecule has 1 saturated heterocycles. The van der Waals surface area contributed by atoms with Crippen LogP contribution in [0.3, 0.4) is 0 Å². The number of aromatic carboxylic acids is 1. The summed E-state index contributed by atoms with van der Waals surface area (Å²) in [6.45, 7) is 5.41. The normalized spacial score (nSPS) is 18.1. The van der Waals surface area contributed by atoms with Gasteiger partial charge in [-0.15, -0.1) is 0 Å². The van der Waals surface area contributed by atoms with Gasteiger partial charge in [-0.2, -0.15) is 0 Å². The van der Waals surface area contributed by atoms with Gasteiger partial charge in [0.2, 0.25) is 0 Å². The number of anilines is 1. The number of carboxylic acids is 1. The smallest absolute Gasteiger partial charge is 0.336 e. The van der Waals surface area contributed by atoms with Crippen LogP contribution in [-0.4, -0.2) is 35.1 Å². The van der Waals surface area contributed by atoms with Crippen LogP contribution in [0.1, 0.15) is 35.7 Å². The number of carbonyl (C=O) groups excluding carboxylic acids is 1. The maximum atomic E-state index is 12.1. The Bertz CT molecular complexity index is 528. The predicted octanol–water partition coefficient (Wildman–Crippen LogP) is 2.96. The summed E-state index contributed by atoms with van der Waals surface area (Å²) in [6.07, 6.45) is 2.12. The highest BCUT2D eigenvalue weighted by atomic mass is 16.4. The summed E-state index contributed by atoms with van der Waals surface area (Å²) in [6, 6.07) is 4.79. The Balaban J connectivity index is 2.05. The van der Waals surface area contributed by atoms with Crippen molar-refractivity contribution in [2.45, 2.75) is 26.7 Å². The van der Waals surface area contributed by atoms with Crippen LogP contribution >= 0.6 is 0 Å². The van der Waals surface area contributed by atoms with Crippen LogP contribution in [0.25, 0.3) is 0 Å². The molecule has 1 unspecified atom stereocenters. The number of carboxylic acid groups (broad SMARTS) is 1. The molecule has 5 nitrogen and oxygen atoms in total. The molecular weight excluding hydrogens is 256 g/mol. The third kappa shape index (κ3) is 3.10. The quantitative estimate of drug-likeness (QED) is 0.891. The number of rotatable bonds is 3. The summed E-state index contributed by atoms with van der Waals surface area (Å²) in [4.78, 5) is 25.0. The number of carbonyl (C=O) groups is 2. The van der Waals surface area contributed by atoms with E-state index in [9.17, 15) is 9.59 Å². The highest BCUT2D eigenvalue weighted by molar-refractivity contribution is 5.94. The van der Waals surface area contributed by atoms with Gasteiger partial charge in [-0.05, 0) is 37.0 Å². The van der Waals surface area contributed by atoms with Gasteiger partial charge in [0.1, 0.15) is 0 Å². The Morgan fingerprint density at radius 2 is 2.20 bits per heavy atom. The summed E-state index contributed by atoms with van der Waals surface area (Å²) in [5.41, 5.74) is 1.43. The predicted molar refractivity (Wildman–Crippen MR) is 77.1 cm³/mol. The highest BCUT2D eigenvalue weighted by Gasteiger charge is 2.25. The molecule has 108 valence electrons. The first-order chi connectivity index (χ1) is 9.51. The maximum absolute atomic E-state index is 12.1. The number of hydrogen-bond donors (Lipinski definition) is 2. The van der Waals surface area contributed by atoms with Crippen molar-refractivity contribution in [1.82, 2.24) is 4.90 Å². The maximum Gasteiger partial charge on any atom is 0.336 e. The van der Waals surface area contributed by atoms with Crippen molar-refractivity contribution in [3.8, 4) is 0 Å². The van der Waals surface area contributed by atoms with Gasteiger partial charge in [-0.25, -0.2) is 9.59 Å². The van der Waals surface area contributed by atoms with Crippen molar-refractivity contribution in [2.24, 2.45) is 5.92 Å². The summed E-state index contributed by atoms with van der Waals surface area (Å²) in [7, 11) is 0. The lowest BCUT2D eigenvalue weighted by atomic mass is 10.1. The van der Waals surface area contributed by atoms with Crippen LogP contribution < -0.4 is 5.32 Å². The van der Waals surface area contributed by atoms with Gasteiger partial charge < -0.3 is 15.3 Å². The highest BCUT2D eigenvalue weighted by Crippen LogP contribution is 2.21. The van der Waals surface area contributed by atoms with Gasteiger partial charge in [-0.3, -0.25) is 0 Å². The molecule has 0 aliphatic carbocycles. The minimum Gasteiger partial charge on any atom is -0.478 e. The number of hydrogen-bond acceptors (Lipinski definition) is 2. The van der Waals surface area contributed by atoms with Crippen molar-refractivity contribution < 1.29 is 14.7 Å². The van der Waals surface area contributed by atoms with E-state index < -0.39 is 5.97 Å². The number of benzene rings is 1. The van der Waals surface area contributed by atoms with E-state index in [-0.39, 0.29) is 11.6 Å². The van der Waals surface area contributed by atoms with Gasteiger partial charge >= 0.3 is 12.0 Å². The Labute approximate surface area is 118 Å². The molecule has 1 aromatic carbocycles. The zero-order valence-corrected chi connectivity index (χ0v) is 11.8. The van der Waals surface area contributed by atoms with E-state index in [1.54, 1.807) is 24.0 Å². The molecule has 5 heteroatoms. The van der Waals surface area contributed by atoms with E-state index in [0.29, 0.717) is 17.2 Å². The molecular formula is C15H20N2O3. The summed E-state index contributed by atoms with van der Waals surface area (Å²) in [5.74, 6) is -0.404. The van der Waals surface area contributed by atoms with E-state index in [1.165, 1.54) is 6.07 Å². The molecule has 20 heavy (non-hydrogen) atoms. The Kier molecular flexibility index (Phi) is 4.27. The summed E-state index contributed by atoms with van der Waals surface area (Å²) < 4.78 is 0. The molecule has 0 radical (unpaired) electrons. The third-order valence-corrected chi connectivity index (χ3v) is 3.87. The Morgan fingerprint density at radius 3 is 2.80 bits per heavy atom. The van der Waals surface area contributed by atoms with E-state index >= 15 is 0 Å². The second-order valence-corrected chi connectivity index (χ2v) is 5.27. The zero-order chi connectivity index (χ0) is 14.7.